The molecule has 13 heteroatoms. The van der Waals surface area contributed by atoms with Crippen LogP contribution in [0.4, 0.5) is 0 Å². The van der Waals surface area contributed by atoms with Gasteiger partial charge in [0.05, 0.1) is 51.8 Å². The lowest BCUT2D eigenvalue weighted by Crippen LogP contribution is -2.30. The van der Waals surface area contributed by atoms with Crippen LogP contribution < -0.4 is 14.2 Å². The Bertz CT molecular complexity index is 4290. The molecule has 4 amide bonds. The molecule has 2 unspecified atom stereocenters. The molecule has 8 aromatic rings. The lowest BCUT2D eigenvalue weighted by molar-refractivity contribution is 0.0636. The molecule has 0 N–H and O–H groups in total. The third kappa shape index (κ3) is 24.4. The van der Waals surface area contributed by atoms with Gasteiger partial charge in [-0.05, 0) is 136 Å². The van der Waals surface area contributed by atoms with E-state index in [4.69, 9.17) is 14.2 Å². The summed E-state index contributed by atoms with van der Waals surface area (Å²) in [6.45, 7) is 24.9. The first-order valence-electron chi connectivity index (χ1n) is 46.4. The second kappa shape index (κ2) is 48.3. The maximum absolute atomic E-state index is 15.9. The van der Waals surface area contributed by atoms with Crippen LogP contribution in [0.2, 0.25) is 0 Å². The van der Waals surface area contributed by atoms with Crippen LogP contribution in [0.15, 0.2) is 60.7 Å². The van der Waals surface area contributed by atoms with E-state index in [9.17, 15) is 9.59 Å². The topological polar surface area (TPSA) is 102 Å². The number of amides is 4. The maximum Gasteiger partial charge on any atom is 0.262 e. The zero-order chi connectivity index (χ0) is 80.6. The summed E-state index contributed by atoms with van der Waals surface area (Å²) < 4.78 is 24.1. The summed E-state index contributed by atoms with van der Waals surface area (Å²) >= 11 is 6.82. The molecular formula is C101H144N2O7S4. The fraction of sp³-hybridized carbons (Fsp3) is 0.624. The molecule has 624 valence electrons. The third-order valence-electron chi connectivity index (χ3n) is 24.5. The minimum absolute atomic E-state index is 0.184. The summed E-state index contributed by atoms with van der Waals surface area (Å²) in [5, 5.41) is 4.43. The van der Waals surface area contributed by atoms with Gasteiger partial charge in [-0.3, -0.25) is 29.0 Å². The number of aryl methyl sites for hydroxylation is 3. The quantitative estimate of drug-likeness (QED) is 0.0276. The third-order valence-corrected chi connectivity index (χ3v) is 29.4. The Labute approximate surface area is 704 Å². The lowest BCUT2D eigenvalue weighted by Gasteiger charge is -2.21. The van der Waals surface area contributed by atoms with Gasteiger partial charge in [0.15, 0.2) is 0 Å². The first kappa shape index (κ1) is 90.5. The molecule has 114 heavy (non-hydrogen) atoms. The van der Waals surface area contributed by atoms with Gasteiger partial charge in [0.1, 0.15) is 17.2 Å². The SMILES string of the molecule is CCCCCCCCCCCCOc1cc(-c2ccc(-c3cc4cc(OCC(CCCC)CCCCCC)c5c6sc(C)cc6cc(OCC(CCCC)CCCCCC)c5c4s3)c3c2C(=O)N(CCCCCCCCCCCC)C3=O)sc1-c1sc(-c2ccc(C)c3c2C(=O)N(CCCCCCCCCCCC)C3=O)cc1C. The van der Waals surface area contributed by atoms with Gasteiger partial charge >= 0.3 is 0 Å². The molecule has 0 fully saturated rings. The molecule has 6 heterocycles. The molecule has 4 aromatic carbocycles. The number of nitrogens with zero attached hydrogens (tertiary/aromatic N) is 2. The molecule has 0 aliphatic carbocycles. The minimum Gasteiger partial charge on any atom is -0.493 e. The van der Waals surface area contributed by atoms with Crippen molar-refractivity contribution in [3.8, 4) is 58.3 Å². The molecule has 0 bridgehead atoms. The van der Waals surface area contributed by atoms with Crippen molar-refractivity contribution < 1.29 is 33.4 Å². The van der Waals surface area contributed by atoms with Crippen LogP contribution in [0.5, 0.6) is 17.2 Å². The van der Waals surface area contributed by atoms with Gasteiger partial charge in [-0.1, -0.05) is 323 Å². The molecule has 0 spiro atoms. The van der Waals surface area contributed by atoms with E-state index >= 15 is 9.59 Å². The van der Waals surface area contributed by atoms with Crippen LogP contribution >= 0.6 is 45.3 Å². The van der Waals surface area contributed by atoms with Crippen molar-refractivity contribution in [2.45, 2.75) is 365 Å². The largest absolute Gasteiger partial charge is 0.493 e. The predicted molar refractivity (Wildman–Crippen MR) is 493 cm³/mol. The number of benzene rings is 4. The van der Waals surface area contributed by atoms with Crippen LogP contribution in [0, 0.1) is 32.6 Å². The predicted octanol–water partition coefficient (Wildman–Crippen LogP) is 32.6. The van der Waals surface area contributed by atoms with Crippen molar-refractivity contribution in [2.24, 2.45) is 11.8 Å². The number of ether oxygens (including phenoxy) is 3. The number of thiophene rings is 4. The van der Waals surface area contributed by atoms with Gasteiger partial charge in [0.25, 0.3) is 23.6 Å². The van der Waals surface area contributed by atoms with Crippen LogP contribution in [0.3, 0.4) is 0 Å². The number of hydrogen-bond acceptors (Lipinski definition) is 11. The Hall–Kier alpha value is -5.86. The second-order valence-electron chi connectivity index (χ2n) is 34.1. The highest BCUT2D eigenvalue weighted by Crippen LogP contribution is 2.54. The number of carbonyl (C=O) groups excluding carboxylic acids is 4. The highest BCUT2D eigenvalue weighted by atomic mass is 32.1. The summed E-state index contributed by atoms with van der Waals surface area (Å²) in [4.78, 5) is 70.1. The highest BCUT2D eigenvalue weighted by molar-refractivity contribution is 7.26. The number of rotatable bonds is 60. The van der Waals surface area contributed by atoms with Gasteiger partial charge in [-0.2, -0.15) is 0 Å². The van der Waals surface area contributed by atoms with Crippen molar-refractivity contribution in [1.29, 1.82) is 0 Å². The van der Waals surface area contributed by atoms with Crippen LogP contribution in [-0.2, 0) is 0 Å². The fourth-order valence-electron chi connectivity index (χ4n) is 17.7. The van der Waals surface area contributed by atoms with Gasteiger partial charge in [0, 0.05) is 69.5 Å². The summed E-state index contributed by atoms with van der Waals surface area (Å²) in [5.41, 5.74) is 6.13. The van der Waals surface area contributed by atoms with Gasteiger partial charge in [-0.15, -0.1) is 45.3 Å². The normalized spacial score (nSPS) is 13.5. The maximum atomic E-state index is 15.9. The Kier molecular flexibility index (Phi) is 38.3. The average Bonchev–Trinajstić information content (AvgIpc) is 1.64. The van der Waals surface area contributed by atoms with Crippen molar-refractivity contribution >= 4 is 99.9 Å². The van der Waals surface area contributed by atoms with E-state index in [1.54, 1.807) is 38.9 Å². The van der Waals surface area contributed by atoms with E-state index in [1.807, 2.05) is 30.4 Å². The van der Waals surface area contributed by atoms with Gasteiger partial charge in [0.2, 0.25) is 0 Å². The van der Waals surface area contributed by atoms with Crippen molar-refractivity contribution in [3.63, 3.8) is 0 Å². The Balaban J connectivity index is 1.06. The fourth-order valence-corrected chi connectivity index (χ4v) is 22.5. The Morgan fingerprint density at radius 2 is 0.658 bits per heavy atom. The van der Waals surface area contributed by atoms with Crippen LogP contribution in [-0.4, -0.2) is 66.3 Å². The van der Waals surface area contributed by atoms with Crippen molar-refractivity contribution in [3.05, 3.63) is 98.9 Å². The number of unbranched alkanes of at least 4 members (excludes halogenated alkanes) is 35. The number of imide groups is 2. The standard InChI is InChI=1S/C101H144N2O7S4/c1-11-18-25-30-33-36-39-42-45-50-61-102-98(104)88-72(8)57-58-79(89(88)99(102)105)85-64-73(9)94(112-85)97-84(108-63-52-47-44-41-38-35-32-27-20-13-3)69-87(114-97)81-60-59-80(90-91(81)101(107)103(100(90)106)62-51-46-43-40-37-34-31-26-19-12-2)86-68-78-67-83(110-71-76(54-24-17-7)56-49-29-22-15-5)92-93(96(78)113-86)82(66-77-65-74(10)111-95(77)92)109-70-75(53-23-16-6)55-48-28-21-14-4/h57-60,64-69,75-76H,11-56,61-63,70-71H2,1-10H3. The Morgan fingerprint density at radius 3 is 1.11 bits per heavy atom. The Morgan fingerprint density at radius 1 is 0.307 bits per heavy atom. The molecule has 0 saturated carbocycles. The molecule has 2 atom stereocenters. The van der Waals surface area contributed by atoms with E-state index in [-0.39, 0.29) is 23.6 Å². The number of hydrogen-bond donors (Lipinski definition) is 0. The van der Waals surface area contributed by atoms with E-state index < -0.39 is 0 Å². The van der Waals surface area contributed by atoms with E-state index in [2.05, 4.69) is 111 Å². The second-order valence-corrected chi connectivity index (χ2v) is 38.5. The molecule has 2 aliphatic heterocycles. The average molecular weight is 1630 g/mol. The smallest absolute Gasteiger partial charge is 0.262 e. The molecule has 9 nitrogen and oxygen atoms in total. The zero-order valence-corrected chi connectivity index (χ0v) is 75.6. The highest BCUT2D eigenvalue weighted by Gasteiger charge is 2.42. The van der Waals surface area contributed by atoms with Gasteiger partial charge < -0.3 is 14.2 Å². The van der Waals surface area contributed by atoms with Crippen molar-refractivity contribution in [2.75, 3.05) is 32.9 Å². The lowest BCUT2D eigenvalue weighted by atomic mass is 9.95. The van der Waals surface area contributed by atoms with Crippen LogP contribution in [0.25, 0.3) is 72.0 Å². The number of fused-ring (bicyclic) bond motifs is 7. The molecule has 0 saturated heterocycles. The minimum atomic E-state index is -0.233. The monoisotopic (exact) mass is 1620 g/mol. The zero-order valence-electron chi connectivity index (χ0n) is 72.4. The molecule has 4 aromatic heterocycles. The van der Waals surface area contributed by atoms with E-state index in [0.29, 0.717) is 67.0 Å². The number of carbonyl (C=O) groups is 4. The molecule has 10 rings (SSSR count). The molecular weight excluding hydrogens is 1480 g/mol. The summed E-state index contributed by atoms with van der Waals surface area (Å²) in [7, 11) is 0. The molecule has 2 aliphatic rings. The van der Waals surface area contributed by atoms with Crippen molar-refractivity contribution in [1.82, 2.24) is 9.80 Å². The van der Waals surface area contributed by atoms with E-state index in [1.165, 1.54) is 219 Å². The summed E-state index contributed by atoms with van der Waals surface area (Å²) in [5.74, 6) is 2.59. The molecule has 0 radical (unpaired) electrons. The first-order valence-corrected chi connectivity index (χ1v) is 49.7. The van der Waals surface area contributed by atoms with E-state index in [0.717, 1.165) is 187 Å². The summed E-state index contributed by atoms with van der Waals surface area (Å²) in [6.07, 6.45) is 54.7. The summed E-state index contributed by atoms with van der Waals surface area (Å²) in [6, 6.07) is 21.8. The first-order chi connectivity index (χ1) is 55.8. The van der Waals surface area contributed by atoms with Gasteiger partial charge in [-0.25, -0.2) is 0 Å². The van der Waals surface area contributed by atoms with Crippen LogP contribution in [0.1, 0.15) is 401 Å².